The lowest BCUT2D eigenvalue weighted by molar-refractivity contribution is 0.610. The predicted molar refractivity (Wildman–Crippen MR) is 71.7 cm³/mol. The zero-order valence-electron chi connectivity index (χ0n) is 9.96. The van der Waals surface area contributed by atoms with Crippen molar-refractivity contribution < 1.29 is 4.39 Å². The van der Waals surface area contributed by atoms with Crippen LogP contribution < -0.4 is 5.73 Å². The van der Waals surface area contributed by atoms with Crippen molar-refractivity contribution in [1.29, 1.82) is 5.41 Å². The van der Waals surface area contributed by atoms with Crippen LogP contribution in [0.5, 0.6) is 0 Å². The molecule has 0 aliphatic heterocycles. The highest BCUT2D eigenvalue weighted by Gasteiger charge is 2.15. The number of amidine groups is 1. The minimum Gasteiger partial charge on any atom is -0.384 e. The third-order valence-corrected chi connectivity index (χ3v) is 3.64. The molecule has 0 aliphatic rings. The molecule has 1 heterocycles. The van der Waals surface area contributed by atoms with Gasteiger partial charge in [0.2, 0.25) is 0 Å². The van der Waals surface area contributed by atoms with E-state index in [1.807, 2.05) is 13.8 Å². The maximum atomic E-state index is 14.2. The highest BCUT2D eigenvalue weighted by Crippen LogP contribution is 2.27. The van der Waals surface area contributed by atoms with Gasteiger partial charge in [0, 0.05) is 11.3 Å². The van der Waals surface area contributed by atoms with E-state index in [2.05, 4.69) is 20.9 Å². The largest absolute Gasteiger partial charge is 0.384 e. The Bertz CT molecular complexity index is 633. The van der Waals surface area contributed by atoms with Crippen molar-refractivity contribution >= 4 is 21.8 Å². The van der Waals surface area contributed by atoms with E-state index in [0.29, 0.717) is 11.3 Å². The van der Waals surface area contributed by atoms with E-state index in [9.17, 15) is 4.39 Å². The smallest absolute Gasteiger partial charge is 0.162 e. The Morgan fingerprint density at radius 3 is 2.61 bits per heavy atom. The second kappa shape index (κ2) is 4.53. The zero-order chi connectivity index (χ0) is 13.4. The van der Waals surface area contributed by atoms with Crippen molar-refractivity contribution in [3.63, 3.8) is 0 Å². The van der Waals surface area contributed by atoms with Crippen molar-refractivity contribution in [2.75, 3.05) is 0 Å². The molecule has 2 rings (SSSR count). The maximum absolute atomic E-state index is 14.2. The average Bonchev–Trinajstić information content (AvgIpc) is 2.63. The normalized spacial score (nSPS) is 10.7. The Kier molecular flexibility index (Phi) is 3.21. The molecule has 1 aromatic heterocycles. The molecule has 6 heteroatoms. The lowest BCUT2D eigenvalue weighted by Gasteiger charge is -2.11. The molecular formula is C12H12BrFN4. The van der Waals surface area contributed by atoms with E-state index < -0.39 is 5.82 Å². The summed E-state index contributed by atoms with van der Waals surface area (Å²) in [5.41, 5.74) is 7.81. The number of imidazole rings is 1. The summed E-state index contributed by atoms with van der Waals surface area (Å²) in [4.78, 5) is 4.13. The third-order valence-electron chi connectivity index (χ3n) is 2.86. The standard InChI is InChI=1S/C12H12BrFN4/c1-6-7(2)18(5-17-6)9-4-3-8(12(15)16)10(13)11(9)14/h3-5H,1-2H3,(H3,15,16). The molecule has 0 unspecified atom stereocenters. The Morgan fingerprint density at radius 1 is 1.44 bits per heavy atom. The number of aromatic nitrogens is 2. The monoisotopic (exact) mass is 310 g/mol. The molecule has 0 spiro atoms. The molecule has 0 atom stereocenters. The first-order chi connectivity index (χ1) is 8.43. The summed E-state index contributed by atoms with van der Waals surface area (Å²) in [6, 6.07) is 3.20. The van der Waals surface area contributed by atoms with Crippen LogP contribution in [0.15, 0.2) is 22.9 Å². The second-order valence-electron chi connectivity index (χ2n) is 3.96. The van der Waals surface area contributed by atoms with Gasteiger partial charge in [-0.1, -0.05) is 0 Å². The first-order valence-electron chi connectivity index (χ1n) is 5.26. The van der Waals surface area contributed by atoms with Gasteiger partial charge in [-0.15, -0.1) is 0 Å². The summed E-state index contributed by atoms with van der Waals surface area (Å²) in [6.45, 7) is 3.73. The van der Waals surface area contributed by atoms with Gasteiger partial charge in [0.1, 0.15) is 5.84 Å². The van der Waals surface area contributed by atoms with E-state index in [0.717, 1.165) is 11.4 Å². The van der Waals surface area contributed by atoms with Crippen LogP contribution in [0, 0.1) is 25.1 Å². The number of nitrogen functional groups attached to an aromatic ring is 1. The van der Waals surface area contributed by atoms with E-state index >= 15 is 0 Å². The summed E-state index contributed by atoms with van der Waals surface area (Å²) in [6.07, 6.45) is 1.57. The van der Waals surface area contributed by atoms with Gasteiger partial charge in [-0.2, -0.15) is 0 Å². The number of hydrogen-bond acceptors (Lipinski definition) is 2. The molecule has 0 aliphatic carbocycles. The van der Waals surface area contributed by atoms with Crippen LogP contribution in [0.25, 0.3) is 5.69 Å². The number of benzene rings is 1. The highest BCUT2D eigenvalue weighted by atomic mass is 79.9. The minimum absolute atomic E-state index is 0.175. The van der Waals surface area contributed by atoms with Crippen molar-refractivity contribution in [2.45, 2.75) is 13.8 Å². The molecule has 0 saturated heterocycles. The lowest BCUT2D eigenvalue weighted by Crippen LogP contribution is -2.13. The van der Waals surface area contributed by atoms with Gasteiger partial charge in [-0.05, 0) is 41.9 Å². The number of nitrogens with one attached hydrogen (secondary N) is 1. The van der Waals surface area contributed by atoms with Crippen LogP contribution in [0.1, 0.15) is 17.0 Å². The number of aryl methyl sites for hydroxylation is 1. The molecule has 0 saturated carbocycles. The molecule has 18 heavy (non-hydrogen) atoms. The maximum Gasteiger partial charge on any atom is 0.162 e. The van der Waals surface area contributed by atoms with Gasteiger partial charge >= 0.3 is 0 Å². The van der Waals surface area contributed by atoms with Gasteiger partial charge in [0.05, 0.1) is 22.2 Å². The van der Waals surface area contributed by atoms with Gasteiger partial charge in [-0.3, -0.25) is 5.41 Å². The highest BCUT2D eigenvalue weighted by molar-refractivity contribution is 9.10. The van der Waals surface area contributed by atoms with Crippen molar-refractivity contribution in [1.82, 2.24) is 9.55 Å². The van der Waals surface area contributed by atoms with Crippen LogP contribution in [-0.4, -0.2) is 15.4 Å². The first kappa shape index (κ1) is 12.8. The fourth-order valence-electron chi connectivity index (χ4n) is 1.67. The third kappa shape index (κ3) is 1.92. The van der Waals surface area contributed by atoms with Gasteiger partial charge in [-0.25, -0.2) is 9.37 Å². The molecule has 3 N–H and O–H groups in total. The van der Waals surface area contributed by atoms with E-state index in [1.54, 1.807) is 23.0 Å². The van der Waals surface area contributed by atoms with Gasteiger partial charge in [0.15, 0.2) is 5.82 Å². The van der Waals surface area contributed by atoms with Gasteiger partial charge < -0.3 is 10.3 Å². The Labute approximate surface area is 112 Å². The molecule has 4 nitrogen and oxygen atoms in total. The van der Waals surface area contributed by atoms with E-state index in [-0.39, 0.29) is 10.3 Å². The fraction of sp³-hybridized carbons (Fsp3) is 0.167. The average molecular weight is 311 g/mol. The number of rotatable bonds is 2. The second-order valence-corrected chi connectivity index (χ2v) is 4.75. The zero-order valence-corrected chi connectivity index (χ0v) is 11.5. The van der Waals surface area contributed by atoms with Crippen LogP contribution in [0.3, 0.4) is 0 Å². The number of halogens is 2. The fourth-order valence-corrected chi connectivity index (χ4v) is 2.22. The van der Waals surface area contributed by atoms with Crippen molar-refractivity contribution in [3.05, 3.63) is 45.7 Å². The molecular weight excluding hydrogens is 299 g/mol. The number of nitrogens with zero attached hydrogens (tertiary/aromatic N) is 2. The van der Waals surface area contributed by atoms with Crippen molar-refractivity contribution in [3.8, 4) is 5.69 Å². The number of nitrogens with two attached hydrogens (primary N) is 1. The van der Waals surface area contributed by atoms with Crippen LogP contribution in [-0.2, 0) is 0 Å². The predicted octanol–water partition coefficient (Wildman–Crippen LogP) is 2.67. The molecule has 2 aromatic rings. The summed E-state index contributed by atoms with van der Waals surface area (Å²) in [5, 5.41) is 7.36. The molecule has 0 bridgehead atoms. The summed E-state index contributed by atoms with van der Waals surface area (Å²) < 4.78 is 16.1. The minimum atomic E-state index is -0.455. The van der Waals surface area contributed by atoms with E-state index in [4.69, 9.17) is 11.1 Å². The topological polar surface area (TPSA) is 67.7 Å². The van der Waals surface area contributed by atoms with Crippen LogP contribution in [0.2, 0.25) is 0 Å². The molecule has 1 aromatic carbocycles. The summed E-state index contributed by atoms with van der Waals surface area (Å²) in [7, 11) is 0. The Morgan fingerprint density at radius 2 is 2.11 bits per heavy atom. The molecule has 0 fully saturated rings. The summed E-state index contributed by atoms with van der Waals surface area (Å²) in [5.74, 6) is -0.631. The van der Waals surface area contributed by atoms with Gasteiger partial charge in [0.25, 0.3) is 0 Å². The lowest BCUT2D eigenvalue weighted by atomic mass is 10.1. The molecule has 0 amide bonds. The first-order valence-corrected chi connectivity index (χ1v) is 6.06. The SMILES string of the molecule is Cc1ncn(-c2ccc(C(=N)N)c(Br)c2F)c1C. The quantitative estimate of drug-likeness (QED) is 0.661. The van der Waals surface area contributed by atoms with E-state index in [1.165, 1.54) is 0 Å². The Balaban J connectivity index is 2.64. The Hall–Kier alpha value is -1.69. The van der Waals surface area contributed by atoms with Crippen LogP contribution in [0.4, 0.5) is 4.39 Å². The van der Waals surface area contributed by atoms with Crippen LogP contribution >= 0.6 is 15.9 Å². The summed E-state index contributed by atoms with van der Waals surface area (Å²) >= 11 is 3.13. The molecule has 0 radical (unpaired) electrons. The molecule has 94 valence electrons. The number of hydrogen-bond donors (Lipinski definition) is 2. The van der Waals surface area contributed by atoms with Crippen molar-refractivity contribution in [2.24, 2.45) is 5.73 Å².